The van der Waals surface area contributed by atoms with Crippen molar-refractivity contribution in [2.75, 3.05) is 57.1 Å². The maximum absolute atomic E-state index is 13.9. The van der Waals surface area contributed by atoms with E-state index in [-0.39, 0.29) is 0 Å². The molecule has 3 aromatic rings. The van der Waals surface area contributed by atoms with Crippen molar-refractivity contribution in [1.82, 2.24) is 19.9 Å². The maximum Gasteiger partial charge on any atom is 0.172 e. The van der Waals surface area contributed by atoms with E-state index in [4.69, 9.17) is 15.6 Å². The summed E-state index contributed by atoms with van der Waals surface area (Å²) in [5.41, 5.74) is 7.67. The standard InChI is InChI=1S/C22H26F2N6O.C4H8O.CH4O/c1-22(2,31)11-16-10-18-19(12-26-16)28-21(20(25)27-18)30-7-5-29(6-8-30)13-14-9-15(23)3-4-17(14)24;1-2-4-5-3-1;1-2/h3-4,9-10,12,31H,5-8,11,13H2,1-2H3,(H2,25,27);1-4H2;2H,1H3. The highest BCUT2D eigenvalue weighted by Gasteiger charge is 2.22. The molecule has 0 aliphatic carbocycles. The van der Waals surface area contributed by atoms with Gasteiger partial charge in [-0.3, -0.25) is 9.88 Å². The lowest BCUT2D eigenvalue weighted by Crippen LogP contribution is -2.46. The van der Waals surface area contributed by atoms with Crippen molar-refractivity contribution < 1.29 is 23.7 Å². The fourth-order valence-electron chi connectivity index (χ4n) is 4.31. The predicted molar refractivity (Wildman–Crippen MR) is 144 cm³/mol. The maximum atomic E-state index is 13.9. The second kappa shape index (κ2) is 13.7. The fourth-order valence-corrected chi connectivity index (χ4v) is 4.31. The molecular formula is C27H38F2N6O3. The molecule has 9 nitrogen and oxygen atoms in total. The van der Waals surface area contributed by atoms with Gasteiger partial charge in [-0.25, -0.2) is 18.7 Å². The zero-order chi connectivity index (χ0) is 27.7. The Kier molecular flexibility index (Phi) is 10.7. The fraction of sp³-hybridized carbons (Fsp3) is 0.519. The van der Waals surface area contributed by atoms with Gasteiger partial charge in [0.05, 0.1) is 17.3 Å². The number of ether oxygens (including phenoxy) is 1. The molecule has 2 aromatic heterocycles. The summed E-state index contributed by atoms with van der Waals surface area (Å²) in [5, 5.41) is 17.0. The van der Waals surface area contributed by atoms with Crippen LogP contribution in [0.5, 0.6) is 0 Å². The molecule has 0 atom stereocenters. The summed E-state index contributed by atoms with van der Waals surface area (Å²) in [5.74, 6) is 0.0946. The van der Waals surface area contributed by atoms with Crippen LogP contribution in [0, 0.1) is 11.6 Å². The van der Waals surface area contributed by atoms with Crippen molar-refractivity contribution in [2.24, 2.45) is 0 Å². The lowest BCUT2D eigenvalue weighted by molar-refractivity contribution is 0.0800. The Bertz CT molecular complexity index is 1170. The predicted octanol–water partition coefficient (Wildman–Crippen LogP) is 2.93. The molecule has 0 amide bonds. The summed E-state index contributed by atoms with van der Waals surface area (Å²) < 4.78 is 32.3. The van der Waals surface area contributed by atoms with Gasteiger partial charge in [0, 0.05) is 70.7 Å². The monoisotopic (exact) mass is 532 g/mol. The number of rotatable bonds is 5. The van der Waals surface area contributed by atoms with Gasteiger partial charge < -0.3 is 25.6 Å². The Morgan fingerprint density at radius 2 is 1.68 bits per heavy atom. The molecule has 0 saturated carbocycles. The molecule has 0 unspecified atom stereocenters. The molecular weight excluding hydrogens is 494 g/mol. The van der Waals surface area contributed by atoms with Crippen LogP contribution in [-0.4, -0.2) is 82.2 Å². The van der Waals surface area contributed by atoms with Gasteiger partial charge in [0.15, 0.2) is 11.6 Å². The van der Waals surface area contributed by atoms with Crippen molar-refractivity contribution in [1.29, 1.82) is 0 Å². The van der Waals surface area contributed by atoms with E-state index in [1.165, 1.54) is 18.9 Å². The van der Waals surface area contributed by atoms with Crippen LogP contribution in [0.3, 0.4) is 0 Å². The number of nitrogens with zero attached hydrogens (tertiary/aromatic N) is 5. The Hall–Kier alpha value is -2.99. The normalized spacial score (nSPS) is 16.0. The summed E-state index contributed by atoms with van der Waals surface area (Å²) in [6.07, 6.45) is 4.61. The Balaban J connectivity index is 0.000000504. The number of aliphatic hydroxyl groups is 2. The number of nitrogen functional groups attached to an aromatic ring is 1. The molecule has 208 valence electrons. The van der Waals surface area contributed by atoms with Crippen molar-refractivity contribution >= 4 is 22.7 Å². The van der Waals surface area contributed by atoms with E-state index in [2.05, 4.69) is 19.9 Å². The van der Waals surface area contributed by atoms with Crippen molar-refractivity contribution in [3.8, 4) is 0 Å². The van der Waals surface area contributed by atoms with E-state index < -0.39 is 17.2 Å². The number of aromatic nitrogens is 3. The van der Waals surface area contributed by atoms with Gasteiger partial charge in [-0.1, -0.05) is 0 Å². The van der Waals surface area contributed by atoms with Crippen LogP contribution in [0.25, 0.3) is 11.0 Å². The molecule has 0 radical (unpaired) electrons. The molecule has 4 heterocycles. The molecule has 38 heavy (non-hydrogen) atoms. The number of anilines is 2. The Morgan fingerprint density at radius 3 is 2.29 bits per heavy atom. The number of benzene rings is 1. The molecule has 1 aromatic carbocycles. The summed E-state index contributed by atoms with van der Waals surface area (Å²) in [7, 11) is 1.00. The van der Waals surface area contributed by atoms with E-state index in [9.17, 15) is 13.9 Å². The molecule has 2 fully saturated rings. The minimum Gasteiger partial charge on any atom is -0.400 e. The number of aliphatic hydroxyl groups excluding tert-OH is 1. The van der Waals surface area contributed by atoms with E-state index in [1.54, 1.807) is 26.1 Å². The first-order valence-corrected chi connectivity index (χ1v) is 12.8. The zero-order valence-corrected chi connectivity index (χ0v) is 22.3. The van der Waals surface area contributed by atoms with Crippen LogP contribution in [0.15, 0.2) is 30.5 Å². The largest absolute Gasteiger partial charge is 0.400 e. The van der Waals surface area contributed by atoms with Crippen LogP contribution in [0.4, 0.5) is 20.4 Å². The summed E-state index contributed by atoms with van der Waals surface area (Å²) in [6, 6.07) is 5.33. The number of hydrogen-bond donors (Lipinski definition) is 3. The van der Waals surface area contributed by atoms with Crippen LogP contribution < -0.4 is 10.6 Å². The van der Waals surface area contributed by atoms with Gasteiger partial charge >= 0.3 is 0 Å². The zero-order valence-electron chi connectivity index (χ0n) is 22.3. The second-order valence-corrected chi connectivity index (χ2v) is 9.90. The number of hydrogen-bond acceptors (Lipinski definition) is 9. The number of halogens is 2. The third-order valence-corrected chi connectivity index (χ3v) is 6.13. The lowest BCUT2D eigenvalue weighted by atomic mass is 10.0. The molecule has 0 spiro atoms. The van der Waals surface area contributed by atoms with Crippen molar-refractivity contribution in [3.63, 3.8) is 0 Å². The average molecular weight is 533 g/mol. The average Bonchev–Trinajstić information content (AvgIpc) is 3.47. The first-order chi connectivity index (χ1) is 18.2. The minimum absolute atomic E-state index is 0.331. The highest BCUT2D eigenvalue weighted by molar-refractivity contribution is 5.79. The van der Waals surface area contributed by atoms with E-state index in [0.29, 0.717) is 67.4 Å². The van der Waals surface area contributed by atoms with Crippen LogP contribution in [0.2, 0.25) is 0 Å². The summed E-state index contributed by atoms with van der Waals surface area (Å²) in [4.78, 5) is 17.7. The third kappa shape index (κ3) is 8.52. The summed E-state index contributed by atoms with van der Waals surface area (Å²) in [6.45, 7) is 8.42. The van der Waals surface area contributed by atoms with Gasteiger partial charge in [0.2, 0.25) is 0 Å². The second-order valence-electron chi connectivity index (χ2n) is 9.90. The molecule has 2 aliphatic rings. The molecule has 0 bridgehead atoms. The van der Waals surface area contributed by atoms with Crippen molar-refractivity contribution in [2.45, 2.75) is 45.3 Å². The lowest BCUT2D eigenvalue weighted by Gasteiger charge is -2.35. The molecule has 11 heteroatoms. The number of nitrogens with two attached hydrogens (primary N) is 1. The Morgan fingerprint density at radius 1 is 1.00 bits per heavy atom. The number of fused-ring (bicyclic) bond motifs is 1. The third-order valence-electron chi connectivity index (χ3n) is 6.13. The first kappa shape index (κ1) is 29.6. The highest BCUT2D eigenvalue weighted by atomic mass is 19.1. The van der Waals surface area contributed by atoms with E-state index >= 15 is 0 Å². The molecule has 2 aliphatic heterocycles. The molecule has 2 saturated heterocycles. The van der Waals surface area contributed by atoms with E-state index in [0.717, 1.165) is 38.2 Å². The van der Waals surface area contributed by atoms with Gasteiger partial charge in [-0.2, -0.15) is 0 Å². The quantitative estimate of drug-likeness (QED) is 0.455. The van der Waals surface area contributed by atoms with Crippen molar-refractivity contribution in [3.05, 3.63) is 53.4 Å². The van der Waals surface area contributed by atoms with Crippen LogP contribution >= 0.6 is 0 Å². The van der Waals surface area contributed by atoms with E-state index in [1.807, 2.05) is 4.90 Å². The van der Waals surface area contributed by atoms with Gasteiger partial charge in [0.25, 0.3) is 0 Å². The smallest absolute Gasteiger partial charge is 0.172 e. The first-order valence-electron chi connectivity index (χ1n) is 12.8. The SMILES string of the molecule is C1CCOC1.CC(C)(O)Cc1cc2nc(N)c(N3CCN(Cc4cc(F)ccc4F)CC3)nc2cn1.CO. The topological polar surface area (TPSA) is 121 Å². The van der Waals surface area contributed by atoms with Crippen LogP contribution in [0.1, 0.15) is 37.9 Å². The number of piperazine rings is 1. The van der Waals surface area contributed by atoms with Gasteiger partial charge in [0.1, 0.15) is 17.2 Å². The highest BCUT2D eigenvalue weighted by Crippen LogP contribution is 2.25. The van der Waals surface area contributed by atoms with Gasteiger partial charge in [-0.05, 0) is 51.0 Å². The minimum atomic E-state index is -0.867. The Labute approximate surface area is 222 Å². The number of pyridine rings is 1. The van der Waals surface area contributed by atoms with Crippen LogP contribution in [-0.2, 0) is 17.7 Å². The summed E-state index contributed by atoms with van der Waals surface area (Å²) >= 11 is 0. The van der Waals surface area contributed by atoms with Gasteiger partial charge in [-0.15, -0.1) is 0 Å². The molecule has 4 N–H and O–H groups in total. The molecule has 5 rings (SSSR count).